The van der Waals surface area contributed by atoms with Gasteiger partial charge in [-0.05, 0) is 48.0 Å². The number of nitrogens with one attached hydrogen (secondary N) is 2. The van der Waals surface area contributed by atoms with Gasteiger partial charge in [0.25, 0.3) is 0 Å². The Kier molecular flexibility index (Phi) is 8.74. The van der Waals surface area contributed by atoms with E-state index in [2.05, 4.69) is 10.6 Å². The molecule has 0 aromatic rings. The Hall–Kier alpha value is -1.83. The molecule has 24 heavy (non-hydrogen) atoms. The number of carbonyl (C=O) groups is 3. The number of hydrogen-bond acceptors (Lipinski definition) is 6. The van der Waals surface area contributed by atoms with Crippen LogP contribution in [-0.2, 0) is 19.1 Å². The molecule has 0 bridgehead atoms. The van der Waals surface area contributed by atoms with E-state index in [0.29, 0.717) is 6.54 Å². The smallest absolute Gasteiger partial charge is 0.407 e. The summed E-state index contributed by atoms with van der Waals surface area (Å²) < 4.78 is 10.4. The molecule has 0 aliphatic rings. The molecule has 0 radical (unpaired) electrons. The van der Waals surface area contributed by atoms with E-state index in [1.54, 1.807) is 41.5 Å². The number of esters is 1. The van der Waals surface area contributed by atoms with Gasteiger partial charge in [0, 0.05) is 19.5 Å². The second kappa shape index (κ2) is 9.46. The average molecular weight is 345 g/mol. The first-order valence-electron chi connectivity index (χ1n) is 8.01. The van der Waals surface area contributed by atoms with Crippen molar-refractivity contribution >= 4 is 18.0 Å². The van der Waals surface area contributed by atoms with Crippen LogP contribution in [0.4, 0.5) is 4.79 Å². The maximum atomic E-state index is 12.1. The number of primary amides is 1. The zero-order valence-corrected chi connectivity index (χ0v) is 15.5. The molecule has 0 spiro atoms. The molecule has 2 amide bonds. The van der Waals surface area contributed by atoms with Crippen LogP contribution in [0.1, 0.15) is 54.4 Å². The minimum absolute atomic E-state index is 0.0659. The predicted molar refractivity (Wildman–Crippen MR) is 90.3 cm³/mol. The van der Waals surface area contributed by atoms with Gasteiger partial charge in [0.2, 0.25) is 5.91 Å². The first kappa shape index (κ1) is 22.2. The third-order valence-electron chi connectivity index (χ3n) is 2.55. The van der Waals surface area contributed by atoms with Crippen molar-refractivity contribution in [1.29, 1.82) is 0 Å². The summed E-state index contributed by atoms with van der Waals surface area (Å²) in [4.78, 5) is 34.6. The second-order valence-electron chi connectivity index (χ2n) is 7.47. The first-order chi connectivity index (χ1) is 10.8. The van der Waals surface area contributed by atoms with E-state index in [1.807, 2.05) is 0 Å². The van der Waals surface area contributed by atoms with Crippen LogP contribution in [0, 0.1) is 0 Å². The van der Waals surface area contributed by atoms with Gasteiger partial charge < -0.3 is 25.8 Å². The van der Waals surface area contributed by atoms with E-state index in [1.165, 1.54) is 0 Å². The highest BCUT2D eigenvalue weighted by Crippen LogP contribution is 2.10. The second-order valence-corrected chi connectivity index (χ2v) is 7.47. The van der Waals surface area contributed by atoms with Crippen molar-refractivity contribution < 1.29 is 23.9 Å². The Morgan fingerprint density at radius 3 is 1.96 bits per heavy atom. The van der Waals surface area contributed by atoms with Crippen LogP contribution in [0.2, 0.25) is 0 Å². The molecule has 8 heteroatoms. The lowest BCUT2D eigenvalue weighted by atomic mass is 10.1. The van der Waals surface area contributed by atoms with E-state index in [-0.39, 0.29) is 19.4 Å². The molecule has 0 fully saturated rings. The quantitative estimate of drug-likeness (QED) is 0.447. The third-order valence-corrected chi connectivity index (χ3v) is 2.55. The van der Waals surface area contributed by atoms with Gasteiger partial charge in [-0.25, -0.2) is 4.79 Å². The Labute approximate surface area is 143 Å². The van der Waals surface area contributed by atoms with Gasteiger partial charge in [-0.1, -0.05) is 0 Å². The molecule has 0 aliphatic heterocycles. The lowest BCUT2D eigenvalue weighted by molar-refractivity contribution is -0.157. The van der Waals surface area contributed by atoms with Gasteiger partial charge in [-0.2, -0.15) is 0 Å². The monoisotopic (exact) mass is 345 g/mol. The first-order valence-corrected chi connectivity index (χ1v) is 8.01. The van der Waals surface area contributed by atoms with E-state index < -0.39 is 35.2 Å². The van der Waals surface area contributed by atoms with Crippen LogP contribution >= 0.6 is 0 Å². The van der Waals surface area contributed by atoms with Crippen LogP contribution in [0.15, 0.2) is 0 Å². The normalized spacial score (nSPS) is 13.1. The summed E-state index contributed by atoms with van der Waals surface area (Å²) in [6.07, 6.45) is -0.233. The lowest BCUT2D eigenvalue weighted by Crippen LogP contribution is -2.45. The number of ether oxygens (including phenoxy) is 2. The molecule has 0 saturated carbocycles. The number of hydrogen-bond donors (Lipinski definition) is 3. The highest BCUT2D eigenvalue weighted by molar-refractivity contribution is 5.78. The van der Waals surface area contributed by atoms with Crippen LogP contribution in [0.3, 0.4) is 0 Å². The Morgan fingerprint density at radius 1 is 0.958 bits per heavy atom. The maximum absolute atomic E-state index is 12.1. The van der Waals surface area contributed by atoms with Crippen molar-refractivity contribution in [2.75, 3.05) is 13.1 Å². The molecule has 8 nitrogen and oxygen atoms in total. The largest absolute Gasteiger partial charge is 0.459 e. The van der Waals surface area contributed by atoms with Gasteiger partial charge in [-0.15, -0.1) is 0 Å². The molecule has 0 aromatic carbocycles. The zero-order valence-electron chi connectivity index (χ0n) is 15.5. The van der Waals surface area contributed by atoms with Crippen LogP contribution in [0.25, 0.3) is 0 Å². The lowest BCUT2D eigenvalue weighted by Gasteiger charge is -2.24. The Morgan fingerprint density at radius 2 is 1.50 bits per heavy atom. The molecular formula is C16H31N3O5. The van der Waals surface area contributed by atoms with Crippen molar-refractivity contribution in [3.8, 4) is 0 Å². The molecule has 4 N–H and O–H groups in total. The number of alkyl carbamates (subject to hydrolysis) is 1. The number of rotatable bonds is 8. The molecule has 0 aliphatic carbocycles. The molecule has 0 aromatic heterocycles. The van der Waals surface area contributed by atoms with Gasteiger partial charge in [0.1, 0.15) is 17.2 Å². The van der Waals surface area contributed by atoms with E-state index in [9.17, 15) is 14.4 Å². The number of nitrogens with two attached hydrogens (primary N) is 1. The van der Waals surface area contributed by atoms with Crippen molar-refractivity contribution in [3.05, 3.63) is 0 Å². The van der Waals surface area contributed by atoms with E-state index >= 15 is 0 Å². The SMILES string of the molecule is CC(C)(C)OC(=O)NCCN[C@@H](CCC(N)=O)C(=O)OC(C)(C)C. The van der Waals surface area contributed by atoms with Crippen molar-refractivity contribution in [3.63, 3.8) is 0 Å². The predicted octanol–water partition coefficient (Wildman–Crippen LogP) is 1.08. The summed E-state index contributed by atoms with van der Waals surface area (Å²) >= 11 is 0. The van der Waals surface area contributed by atoms with Gasteiger partial charge in [0.15, 0.2) is 0 Å². The average Bonchev–Trinajstić information content (AvgIpc) is 2.32. The maximum Gasteiger partial charge on any atom is 0.407 e. The van der Waals surface area contributed by atoms with E-state index in [0.717, 1.165) is 0 Å². The zero-order chi connectivity index (χ0) is 19.0. The number of carbonyl (C=O) groups excluding carboxylic acids is 3. The minimum Gasteiger partial charge on any atom is -0.459 e. The number of amides is 2. The molecule has 0 rings (SSSR count). The standard InChI is InChI=1S/C16H31N3O5/c1-15(2,3)23-13(21)11(7-8-12(17)20)18-9-10-19-14(22)24-16(4,5)6/h11,18H,7-10H2,1-6H3,(H2,17,20)(H,19,22)/t11-/m0/s1. The molecule has 0 heterocycles. The molecule has 0 unspecified atom stereocenters. The van der Waals surface area contributed by atoms with E-state index in [4.69, 9.17) is 15.2 Å². The summed E-state index contributed by atoms with van der Waals surface area (Å²) in [5.74, 6) is -0.946. The van der Waals surface area contributed by atoms with Gasteiger partial charge in [-0.3, -0.25) is 9.59 Å². The summed E-state index contributed by atoms with van der Waals surface area (Å²) in [6.45, 7) is 11.2. The highest BCUT2D eigenvalue weighted by atomic mass is 16.6. The Balaban J connectivity index is 4.38. The topological polar surface area (TPSA) is 120 Å². The van der Waals surface area contributed by atoms with Crippen LogP contribution in [0.5, 0.6) is 0 Å². The van der Waals surface area contributed by atoms with Crippen molar-refractivity contribution in [2.45, 2.75) is 71.6 Å². The highest BCUT2D eigenvalue weighted by Gasteiger charge is 2.25. The van der Waals surface area contributed by atoms with Gasteiger partial charge in [0.05, 0.1) is 0 Å². The summed E-state index contributed by atoms with van der Waals surface area (Å²) in [7, 11) is 0. The molecule has 1 atom stereocenters. The summed E-state index contributed by atoms with van der Waals surface area (Å²) in [5, 5.41) is 5.54. The summed E-state index contributed by atoms with van der Waals surface area (Å²) in [5.41, 5.74) is 3.93. The van der Waals surface area contributed by atoms with Crippen LogP contribution in [-0.4, -0.2) is 48.3 Å². The Bertz CT molecular complexity index is 438. The van der Waals surface area contributed by atoms with Crippen molar-refractivity contribution in [2.24, 2.45) is 5.73 Å². The third kappa shape index (κ3) is 12.7. The van der Waals surface area contributed by atoms with Crippen molar-refractivity contribution in [1.82, 2.24) is 10.6 Å². The minimum atomic E-state index is -0.669. The molecule has 140 valence electrons. The fourth-order valence-electron chi connectivity index (χ4n) is 1.69. The van der Waals surface area contributed by atoms with Gasteiger partial charge >= 0.3 is 12.1 Å². The van der Waals surface area contributed by atoms with Crippen LogP contribution < -0.4 is 16.4 Å². The fraction of sp³-hybridized carbons (Fsp3) is 0.812. The summed E-state index contributed by atoms with van der Waals surface area (Å²) in [6, 6.07) is -0.669. The molecular weight excluding hydrogens is 314 g/mol. The fourth-order valence-corrected chi connectivity index (χ4v) is 1.69. The molecule has 0 saturated heterocycles.